The Hall–Kier alpha value is -3.48. The second-order valence-corrected chi connectivity index (χ2v) is 7.91. The molecule has 0 aliphatic carbocycles. The van der Waals surface area contributed by atoms with Crippen LogP contribution in [0.25, 0.3) is 0 Å². The minimum atomic E-state index is -0.387. The number of halogens is 1. The van der Waals surface area contributed by atoms with Crippen LogP contribution in [0.3, 0.4) is 0 Å². The SMILES string of the molecule is CCn1nc(C)c(CCN=C(NC(=O)c2ccc(F)cc2)Nc2cc(C)cc(C)c2)c1C. The summed E-state index contributed by atoms with van der Waals surface area (Å²) in [6, 6.07) is 11.5. The summed E-state index contributed by atoms with van der Waals surface area (Å²) in [7, 11) is 0. The van der Waals surface area contributed by atoms with Gasteiger partial charge in [-0.3, -0.25) is 19.8 Å². The number of carbonyl (C=O) groups excluding carboxylic acids is 1. The molecule has 0 saturated carbocycles. The fourth-order valence-corrected chi connectivity index (χ4v) is 3.76. The quantitative estimate of drug-likeness (QED) is 0.435. The molecule has 0 radical (unpaired) electrons. The van der Waals surface area contributed by atoms with Gasteiger partial charge in [-0.1, -0.05) is 6.07 Å². The Morgan fingerprint density at radius 1 is 1.06 bits per heavy atom. The number of benzene rings is 2. The highest BCUT2D eigenvalue weighted by Gasteiger charge is 2.12. The Balaban J connectivity index is 1.81. The molecule has 168 valence electrons. The Kier molecular flexibility index (Phi) is 7.41. The van der Waals surface area contributed by atoms with Gasteiger partial charge in [0, 0.05) is 30.0 Å². The average molecular weight is 436 g/mol. The zero-order valence-electron chi connectivity index (χ0n) is 19.3. The van der Waals surface area contributed by atoms with Gasteiger partial charge in [0.1, 0.15) is 5.82 Å². The number of carbonyl (C=O) groups is 1. The molecule has 7 heteroatoms. The van der Waals surface area contributed by atoms with Crippen LogP contribution in [0.4, 0.5) is 10.1 Å². The van der Waals surface area contributed by atoms with Gasteiger partial charge in [-0.05, 0) is 94.1 Å². The van der Waals surface area contributed by atoms with Crippen LogP contribution in [0.1, 0.15) is 45.4 Å². The maximum atomic E-state index is 13.2. The number of amides is 1. The molecule has 0 spiro atoms. The zero-order chi connectivity index (χ0) is 23.3. The molecule has 0 unspecified atom stereocenters. The fraction of sp³-hybridized carbons (Fsp3) is 0.320. The predicted octanol–water partition coefficient (Wildman–Crippen LogP) is 4.72. The summed E-state index contributed by atoms with van der Waals surface area (Å²) in [5.74, 6) is -0.392. The van der Waals surface area contributed by atoms with Gasteiger partial charge in [0.05, 0.1) is 5.69 Å². The van der Waals surface area contributed by atoms with Crippen molar-refractivity contribution in [1.29, 1.82) is 0 Å². The molecule has 6 nitrogen and oxygen atoms in total. The molecule has 2 N–H and O–H groups in total. The molecule has 1 amide bonds. The van der Waals surface area contributed by atoms with Crippen molar-refractivity contribution in [2.45, 2.75) is 47.6 Å². The van der Waals surface area contributed by atoms with Crippen LogP contribution in [-0.4, -0.2) is 28.2 Å². The number of hydrogen-bond acceptors (Lipinski definition) is 3. The van der Waals surface area contributed by atoms with E-state index in [-0.39, 0.29) is 11.7 Å². The van der Waals surface area contributed by atoms with Crippen molar-refractivity contribution < 1.29 is 9.18 Å². The van der Waals surface area contributed by atoms with Crippen molar-refractivity contribution in [3.05, 3.63) is 81.9 Å². The van der Waals surface area contributed by atoms with E-state index in [9.17, 15) is 9.18 Å². The molecule has 0 fully saturated rings. The average Bonchev–Trinajstić information content (AvgIpc) is 3.01. The number of nitrogens with one attached hydrogen (secondary N) is 2. The van der Waals surface area contributed by atoms with E-state index >= 15 is 0 Å². The molecule has 0 bridgehead atoms. The summed E-state index contributed by atoms with van der Waals surface area (Å²) in [5, 5.41) is 10.6. The third-order valence-corrected chi connectivity index (χ3v) is 5.29. The Bertz CT molecular complexity index is 1110. The standard InChI is InChI=1S/C25H30FN5O/c1-6-31-19(5)23(18(4)30-31)11-12-27-25(28-22-14-16(2)13-17(3)15-22)29-24(32)20-7-9-21(26)10-8-20/h7-10,13-15H,6,11-12H2,1-5H3,(H2,27,28,29,32). The third-order valence-electron chi connectivity index (χ3n) is 5.29. The van der Waals surface area contributed by atoms with Crippen molar-refractivity contribution in [1.82, 2.24) is 15.1 Å². The van der Waals surface area contributed by atoms with E-state index in [0.29, 0.717) is 24.5 Å². The monoisotopic (exact) mass is 435 g/mol. The van der Waals surface area contributed by atoms with Crippen molar-refractivity contribution in [2.75, 3.05) is 11.9 Å². The minimum Gasteiger partial charge on any atom is -0.326 e. The summed E-state index contributed by atoms with van der Waals surface area (Å²) in [6.45, 7) is 11.5. The molecule has 0 saturated heterocycles. The Morgan fingerprint density at radius 3 is 2.31 bits per heavy atom. The number of rotatable bonds is 6. The zero-order valence-corrected chi connectivity index (χ0v) is 19.3. The molecular formula is C25H30FN5O. The molecule has 3 aromatic rings. The summed E-state index contributed by atoms with van der Waals surface area (Å²) < 4.78 is 15.2. The molecule has 1 aromatic heterocycles. The molecule has 0 aliphatic heterocycles. The largest absolute Gasteiger partial charge is 0.326 e. The van der Waals surface area contributed by atoms with Gasteiger partial charge in [-0.2, -0.15) is 5.10 Å². The van der Waals surface area contributed by atoms with E-state index in [4.69, 9.17) is 0 Å². The Labute approximate surface area is 188 Å². The molecule has 1 heterocycles. The molecule has 3 rings (SSSR count). The highest BCUT2D eigenvalue weighted by atomic mass is 19.1. The lowest BCUT2D eigenvalue weighted by Crippen LogP contribution is -2.36. The lowest BCUT2D eigenvalue weighted by atomic mass is 10.1. The molecule has 2 aromatic carbocycles. The van der Waals surface area contributed by atoms with Crippen molar-refractivity contribution in [3.8, 4) is 0 Å². The van der Waals surface area contributed by atoms with Crippen LogP contribution in [0.5, 0.6) is 0 Å². The van der Waals surface area contributed by atoms with Crippen LogP contribution in [0.2, 0.25) is 0 Å². The van der Waals surface area contributed by atoms with Crippen LogP contribution < -0.4 is 10.6 Å². The summed E-state index contributed by atoms with van der Waals surface area (Å²) in [5.41, 5.74) is 6.72. The van der Waals surface area contributed by atoms with Crippen LogP contribution in [0, 0.1) is 33.5 Å². The minimum absolute atomic E-state index is 0.350. The van der Waals surface area contributed by atoms with Gasteiger partial charge < -0.3 is 5.32 Å². The number of aryl methyl sites for hydroxylation is 4. The van der Waals surface area contributed by atoms with E-state index in [1.807, 2.05) is 37.6 Å². The fourth-order valence-electron chi connectivity index (χ4n) is 3.76. The van der Waals surface area contributed by atoms with Crippen LogP contribution >= 0.6 is 0 Å². The first-order valence-electron chi connectivity index (χ1n) is 10.8. The topological polar surface area (TPSA) is 71.3 Å². The van der Waals surface area contributed by atoms with Gasteiger partial charge in [0.25, 0.3) is 5.91 Å². The second kappa shape index (κ2) is 10.2. The normalized spacial score (nSPS) is 11.5. The first-order valence-corrected chi connectivity index (χ1v) is 10.8. The number of aromatic nitrogens is 2. The number of nitrogens with zero attached hydrogens (tertiary/aromatic N) is 3. The lowest BCUT2D eigenvalue weighted by Gasteiger charge is -2.13. The van der Waals surface area contributed by atoms with E-state index in [0.717, 1.165) is 34.7 Å². The third kappa shape index (κ3) is 5.81. The Morgan fingerprint density at radius 2 is 1.72 bits per heavy atom. The van der Waals surface area contributed by atoms with Crippen LogP contribution in [-0.2, 0) is 13.0 Å². The lowest BCUT2D eigenvalue weighted by molar-refractivity contribution is 0.0977. The van der Waals surface area contributed by atoms with Gasteiger partial charge in [0.2, 0.25) is 5.96 Å². The molecule has 0 aliphatic rings. The molecular weight excluding hydrogens is 405 g/mol. The predicted molar refractivity (Wildman–Crippen MR) is 127 cm³/mol. The molecule has 32 heavy (non-hydrogen) atoms. The maximum absolute atomic E-state index is 13.2. The summed E-state index contributed by atoms with van der Waals surface area (Å²) >= 11 is 0. The van der Waals surface area contributed by atoms with E-state index in [1.165, 1.54) is 29.8 Å². The van der Waals surface area contributed by atoms with Gasteiger partial charge >= 0.3 is 0 Å². The van der Waals surface area contributed by atoms with Crippen LogP contribution in [0.15, 0.2) is 47.5 Å². The highest BCUT2D eigenvalue weighted by molar-refractivity contribution is 6.10. The summed E-state index contributed by atoms with van der Waals surface area (Å²) in [4.78, 5) is 17.3. The number of aliphatic imine (C=N–C) groups is 1. The van der Waals surface area contributed by atoms with Gasteiger partial charge in [-0.15, -0.1) is 0 Å². The summed E-state index contributed by atoms with van der Waals surface area (Å²) in [6.07, 6.45) is 0.710. The molecule has 0 atom stereocenters. The second-order valence-electron chi connectivity index (χ2n) is 7.91. The smallest absolute Gasteiger partial charge is 0.257 e. The first-order chi connectivity index (χ1) is 15.3. The van der Waals surface area contributed by atoms with Crippen molar-refractivity contribution in [2.24, 2.45) is 4.99 Å². The number of anilines is 1. The van der Waals surface area contributed by atoms with E-state index in [2.05, 4.69) is 40.6 Å². The highest BCUT2D eigenvalue weighted by Crippen LogP contribution is 2.15. The van der Waals surface area contributed by atoms with Gasteiger partial charge in [0.15, 0.2) is 0 Å². The van der Waals surface area contributed by atoms with E-state index in [1.54, 1.807) is 0 Å². The number of guanidine groups is 1. The van der Waals surface area contributed by atoms with Crippen molar-refractivity contribution >= 4 is 17.6 Å². The van der Waals surface area contributed by atoms with Gasteiger partial charge in [-0.25, -0.2) is 4.39 Å². The number of hydrogen-bond donors (Lipinski definition) is 2. The van der Waals surface area contributed by atoms with E-state index < -0.39 is 0 Å². The van der Waals surface area contributed by atoms with Crippen molar-refractivity contribution in [3.63, 3.8) is 0 Å². The first kappa shape index (κ1) is 23.2. The maximum Gasteiger partial charge on any atom is 0.257 e.